The molecule has 0 saturated heterocycles. The zero-order chi connectivity index (χ0) is 15.0. The third-order valence-corrected chi connectivity index (χ3v) is 4.10. The summed E-state index contributed by atoms with van der Waals surface area (Å²) in [6, 6.07) is 14.3. The minimum absolute atomic E-state index is 0.0699. The maximum Gasteiger partial charge on any atom is 0.260 e. The quantitative estimate of drug-likeness (QED) is 0.911. The van der Waals surface area contributed by atoms with Gasteiger partial charge in [0.05, 0.1) is 5.56 Å². The Hall–Kier alpha value is -2.29. The number of nitrogens with zero attached hydrogens (tertiary/aromatic N) is 1. The summed E-state index contributed by atoms with van der Waals surface area (Å²) in [7, 11) is 1.85. The molecule has 0 saturated carbocycles. The smallest absolute Gasteiger partial charge is 0.260 e. The average molecular weight is 280 g/mol. The summed E-state index contributed by atoms with van der Waals surface area (Å²) in [5.41, 5.74) is 5.00. The van der Waals surface area contributed by atoms with Gasteiger partial charge < -0.3 is 10.2 Å². The fraction of sp³-hybridized carbons (Fsp3) is 0.278. The average Bonchev–Trinajstić information content (AvgIpc) is 2.82. The molecule has 0 radical (unpaired) electrons. The van der Waals surface area contributed by atoms with Crippen LogP contribution in [-0.4, -0.2) is 19.0 Å². The molecule has 0 bridgehead atoms. The van der Waals surface area contributed by atoms with Crippen LogP contribution in [0.5, 0.6) is 0 Å². The van der Waals surface area contributed by atoms with Crippen LogP contribution in [-0.2, 0) is 6.42 Å². The number of nitrogens with one attached hydrogen (secondary N) is 1. The predicted molar refractivity (Wildman–Crippen MR) is 87.1 cm³/mol. The van der Waals surface area contributed by atoms with Gasteiger partial charge in [0.25, 0.3) is 5.91 Å². The lowest BCUT2D eigenvalue weighted by atomic mass is 10.1. The number of rotatable bonds is 2. The van der Waals surface area contributed by atoms with Crippen LogP contribution in [0.4, 0.5) is 11.4 Å². The Morgan fingerprint density at radius 2 is 2.00 bits per heavy atom. The van der Waals surface area contributed by atoms with E-state index in [-0.39, 0.29) is 11.9 Å². The number of amides is 1. The van der Waals surface area contributed by atoms with Gasteiger partial charge in [0.2, 0.25) is 0 Å². The summed E-state index contributed by atoms with van der Waals surface area (Å²) in [5.74, 6) is 0.0699. The van der Waals surface area contributed by atoms with Gasteiger partial charge in [-0.05, 0) is 44.0 Å². The number of anilines is 2. The van der Waals surface area contributed by atoms with Gasteiger partial charge in [-0.3, -0.25) is 4.79 Å². The van der Waals surface area contributed by atoms with Crippen molar-refractivity contribution in [3.8, 4) is 0 Å². The zero-order valence-corrected chi connectivity index (χ0v) is 12.7. The molecule has 0 spiro atoms. The number of aryl methyl sites for hydroxylation is 1. The normalized spacial score (nSPS) is 16.7. The first kappa shape index (κ1) is 13.7. The lowest BCUT2D eigenvalue weighted by Gasteiger charge is -2.24. The topological polar surface area (TPSA) is 32.3 Å². The lowest BCUT2D eigenvalue weighted by Crippen LogP contribution is -2.36. The zero-order valence-electron chi connectivity index (χ0n) is 12.7. The number of hydrogen-bond acceptors (Lipinski definition) is 2. The summed E-state index contributed by atoms with van der Waals surface area (Å²) in [6.45, 7) is 4.12. The van der Waals surface area contributed by atoms with Crippen molar-refractivity contribution in [2.24, 2.45) is 0 Å². The number of carbonyl (C=O) groups is 1. The van der Waals surface area contributed by atoms with E-state index in [1.54, 1.807) is 0 Å². The molecule has 3 rings (SSSR count). The SMILES string of the molecule is CNc1ccc(C)cc1C(=O)N1c2ccccc2CC1C. The predicted octanol–water partition coefficient (Wildman–Crippen LogP) is 3.63. The Labute approximate surface area is 125 Å². The van der Waals surface area contributed by atoms with Gasteiger partial charge in [0.1, 0.15) is 0 Å². The third-order valence-electron chi connectivity index (χ3n) is 4.10. The molecule has 2 aromatic rings. The first-order valence-corrected chi connectivity index (χ1v) is 7.31. The monoisotopic (exact) mass is 280 g/mol. The molecule has 0 aliphatic carbocycles. The van der Waals surface area contributed by atoms with Crippen LogP contribution in [0.2, 0.25) is 0 Å². The van der Waals surface area contributed by atoms with E-state index in [2.05, 4.69) is 18.3 Å². The van der Waals surface area contributed by atoms with E-state index in [4.69, 9.17) is 0 Å². The van der Waals surface area contributed by atoms with E-state index in [0.29, 0.717) is 0 Å². The van der Waals surface area contributed by atoms with Gasteiger partial charge in [-0.1, -0.05) is 29.8 Å². The third kappa shape index (κ3) is 2.29. The van der Waals surface area contributed by atoms with Crippen molar-refractivity contribution < 1.29 is 4.79 Å². The highest BCUT2D eigenvalue weighted by Gasteiger charge is 2.32. The van der Waals surface area contributed by atoms with Gasteiger partial charge in [0.15, 0.2) is 0 Å². The van der Waals surface area contributed by atoms with Crippen molar-refractivity contribution in [1.29, 1.82) is 0 Å². The summed E-state index contributed by atoms with van der Waals surface area (Å²) in [4.78, 5) is 15.0. The highest BCUT2D eigenvalue weighted by molar-refractivity contribution is 6.11. The van der Waals surface area contributed by atoms with Gasteiger partial charge >= 0.3 is 0 Å². The number of carbonyl (C=O) groups excluding carboxylic acids is 1. The molecule has 0 fully saturated rings. The first-order chi connectivity index (χ1) is 10.1. The van der Waals surface area contributed by atoms with E-state index in [1.807, 2.05) is 55.3 Å². The van der Waals surface area contributed by atoms with Crippen LogP contribution in [0.3, 0.4) is 0 Å². The van der Waals surface area contributed by atoms with Crippen LogP contribution in [0.15, 0.2) is 42.5 Å². The van der Waals surface area contributed by atoms with Crippen molar-refractivity contribution in [2.45, 2.75) is 26.3 Å². The number of benzene rings is 2. The Balaban J connectivity index is 2.05. The fourth-order valence-corrected chi connectivity index (χ4v) is 3.06. The fourth-order valence-electron chi connectivity index (χ4n) is 3.06. The Morgan fingerprint density at radius 3 is 2.76 bits per heavy atom. The van der Waals surface area contributed by atoms with Gasteiger partial charge in [-0.15, -0.1) is 0 Å². The molecule has 3 heteroatoms. The molecule has 1 N–H and O–H groups in total. The van der Waals surface area contributed by atoms with Crippen LogP contribution in [0, 0.1) is 6.92 Å². The molecule has 1 heterocycles. The van der Waals surface area contributed by atoms with Crippen molar-refractivity contribution in [2.75, 3.05) is 17.3 Å². The number of para-hydroxylation sites is 1. The molecule has 1 amide bonds. The molecule has 1 atom stereocenters. The van der Waals surface area contributed by atoms with E-state index in [9.17, 15) is 4.79 Å². The minimum Gasteiger partial charge on any atom is -0.387 e. The molecule has 1 aliphatic rings. The molecule has 108 valence electrons. The van der Waals surface area contributed by atoms with E-state index in [0.717, 1.165) is 28.9 Å². The van der Waals surface area contributed by atoms with Crippen LogP contribution in [0.25, 0.3) is 0 Å². The summed E-state index contributed by atoms with van der Waals surface area (Å²) in [5, 5.41) is 3.12. The maximum atomic E-state index is 13.0. The minimum atomic E-state index is 0.0699. The first-order valence-electron chi connectivity index (χ1n) is 7.31. The maximum absolute atomic E-state index is 13.0. The van der Waals surface area contributed by atoms with E-state index >= 15 is 0 Å². The second kappa shape index (κ2) is 5.24. The Bertz CT molecular complexity index is 693. The standard InChI is InChI=1S/C18H20N2O/c1-12-8-9-16(19-3)15(10-12)18(21)20-13(2)11-14-6-4-5-7-17(14)20/h4-10,13,19H,11H2,1-3H3. The van der Waals surface area contributed by atoms with Gasteiger partial charge in [-0.25, -0.2) is 0 Å². The lowest BCUT2D eigenvalue weighted by molar-refractivity contribution is 0.0982. The molecule has 21 heavy (non-hydrogen) atoms. The molecular formula is C18H20N2O. The molecule has 1 unspecified atom stereocenters. The highest BCUT2D eigenvalue weighted by atomic mass is 16.2. The van der Waals surface area contributed by atoms with Crippen LogP contribution in [0.1, 0.15) is 28.4 Å². The molecule has 0 aromatic heterocycles. The second-order valence-electron chi connectivity index (χ2n) is 5.66. The van der Waals surface area contributed by atoms with Gasteiger partial charge in [0, 0.05) is 24.5 Å². The Kier molecular flexibility index (Phi) is 3.42. The van der Waals surface area contributed by atoms with Gasteiger partial charge in [-0.2, -0.15) is 0 Å². The van der Waals surface area contributed by atoms with Crippen molar-refractivity contribution in [3.05, 3.63) is 59.2 Å². The Morgan fingerprint density at radius 1 is 1.24 bits per heavy atom. The molecular weight excluding hydrogens is 260 g/mol. The highest BCUT2D eigenvalue weighted by Crippen LogP contribution is 2.34. The largest absolute Gasteiger partial charge is 0.387 e. The van der Waals surface area contributed by atoms with E-state index < -0.39 is 0 Å². The molecule has 1 aliphatic heterocycles. The second-order valence-corrected chi connectivity index (χ2v) is 5.66. The van der Waals surface area contributed by atoms with Crippen molar-refractivity contribution >= 4 is 17.3 Å². The summed E-state index contributed by atoms with van der Waals surface area (Å²) in [6.07, 6.45) is 0.919. The number of hydrogen-bond donors (Lipinski definition) is 1. The molecule has 3 nitrogen and oxygen atoms in total. The van der Waals surface area contributed by atoms with Crippen LogP contribution >= 0.6 is 0 Å². The number of fused-ring (bicyclic) bond motifs is 1. The summed E-state index contributed by atoms with van der Waals surface area (Å²) < 4.78 is 0. The summed E-state index contributed by atoms with van der Waals surface area (Å²) >= 11 is 0. The molecule has 2 aromatic carbocycles. The van der Waals surface area contributed by atoms with Crippen molar-refractivity contribution in [1.82, 2.24) is 0 Å². The van der Waals surface area contributed by atoms with Crippen LogP contribution < -0.4 is 10.2 Å². The van der Waals surface area contributed by atoms with E-state index in [1.165, 1.54) is 5.56 Å². The van der Waals surface area contributed by atoms with Crippen molar-refractivity contribution in [3.63, 3.8) is 0 Å².